The Kier molecular flexibility index (Phi) is 5.13. The third-order valence-corrected chi connectivity index (χ3v) is 4.19. The summed E-state index contributed by atoms with van der Waals surface area (Å²) in [5.41, 5.74) is 0.729. The first kappa shape index (κ1) is 16.4. The maximum atomic E-state index is 13.1. The van der Waals surface area contributed by atoms with E-state index in [1.165, 1.54) is 17.0 Å². The number of amides is 2. The fourth-order valence-electron chi connectivity index (χ4n) is 2.81. The Morgan fingerprint density at radius 1 is 1.45 bits per heavy atom. The van der Waals surface area contributed by atoms with Gasteiger partial charge in [-0.2, -0.15) is 0 Å². The van der Waals surface area contributed by atoms with Crippen LogP contribution >= 0.6 is 0 Å². The van der Waals surface area contributed by atoms with E-state index in [-0.39, 0.29) is 36.7 Å². The molecule has 1 heterocycles. The van der Waals surface area contributed by atoms with Crippen LogP contribution in [-0.2, 0) is 9.59 Å². The molecule has 2 rings (SSSR count). The smallest absolute Gasteiger partial charge is 0.226 e. The Bertz CT molecular complexity index is 543. The summed E-state index contributed by atoms with van der Waals surface area (Å²) in [5.74, 6) is -1.27. The van der Waals surface area contributed by atoms with E-state index in [9.17, 15) is 19.1 Å². The maximum Gasteiger partial charge on any atom is 0.226 e. The quantitative estimate of drug-likeness (QED) is 0.859. The lowest BCUT2D eigenvalue weighted by molar-refractivity contribution is -0.128. The third-order valence-electron chi connectivity index (χ3n) is 4.19. The van der Waals surface area contributed by atoms with Gasteiger partial charge >= 0.3 is 0 Å². The minimum atomic E-state index is -0.538. The number of rotatable bonds is 5. The van der Waals surface area contributed by atoms with E-state index in [0.29, 0.717) is 6.42 Å². The number of aliphatic hydroxyl groups excluding tert-OH is 1. The van der Waals surface area contributed by atoms with Gasteiger partial charge in [0, 0.05) is 13.5 Å². The van der Waals surface area contributed by atoms with Gasteiger partial charge in [-0.15, -0.1) is 0 Å². The van der Waals surface area contributed by atoms with Gasteiger partial charge in [-0.05, 0) is 24.1 Å². The van der Waals surface area contributed by atoms with Crippen LogP contribution in [0.1, 0.15) is 31.4 Å². The Hall–Kier alpha value is -1.95. The number of carbonyl (C=O) groups is 2. The van der Waals surface area contributed by atoms with Gasteiger partial charge in [0.1, 0.15) is 5.82 Å². The average molecular weight is 308 g/mol. The molecular formula is C16H21FN2O3. The van der Waals surface area contributed by atoms with E-state index in [0.717, 1.165) is 5.56 Å². The molecule has 6 heteroatoms. The van der Waals surface area contributed by atoms with Gasteiger partial charge in [0.15, 0.2) is 0 Å². The lowest BCUT2D eigenvalue weighted by atomic mass is 9.92. The van der Waals surface area contributed by atoms with E-state index in [2.05, 4.69) is 5.32 Å². The molecule has 0 bridgehead atoms. The van der Waals surface area contributed by atoms with Crippen LogP contribution in [0.25, 0.3) is 0 Å². The molecule has 3 atom stereocenters. The molecule has 5 nitrogen and oxygen atoms in total. The summed E-state index contributed by atoms with van der Waals surface area (Å²) in [5, 5.41) is 12.0. The van der Waals surface area contributed by atoms with Crippen LogP contribution < -0.4 is 5.32 Å². The van der Waals surface area contributed by atoms with E-state index in [4.69, 9.17) is 0 Å². The SMILES string of the molecule is CCC(CO)NC(=O)C1CC(=O)N(C)C1c1ccc(F)cc1. The number of benzene rings is 1. The highest BCUT2D eigenvalue weighted by molar-refractivity contribution is 5.90. The van der Waals surface area contributed by atoms with E-state index in [1.54, 1.807) is 19.2 Å². The molecular weight excluding hydrogens is 287 g/mol. The van der Waals surface area contributed by atoms with Crippen molar-refractivity contribution in [2.75, 3.05) is 13.7 Å². The van der Waals surface area contributed by atoms with Crippen LogP contribution in [0, 0.1) is 11.7 Å². The maximum absolute atomic E-state index is 13.1. The largest absolute Gasteiger partial charge is 0.394 e. The number of aliphatic hydroxyl groups is 1. The summed E-state index contributed by atoms with van der Waals surface area (Å²) >= 11 is 0. The molecule has 1 aliphatic rings. The predicted octanol–water partition coefficient (Wildman–Crippen LogP) is 1.23. The number of halogens is 1. The number of nitrogens with one attached hydrogen (secondary N) is 1. The zero-order chi connectivity index (χ0) is 16.3. The summed E-state index contributed by atoms with van der Waals surface area (Å²) in [6.07, 6.45) is 0.728. The lowest BCUT2D eigenvalue weighted by Gasteiger charge is -2.26. The third kappa shape index (κ3) is 3.27. The van der Waals surface area contributed by atoms with Crippen molar-refractivity contribution >= 4 is 11.8 Å². The second kappa shape index (κ2) is 6.87. The molecule has 2 N–H and O–H groups in total. The van der Waals surface area contributed by atoms with Gasteiger partial charge in [0.25, 0.3) is 0 Å². The summed E-state index contributed by atoms with van der Waals surface area (Å²) in [6.45, 7) is 1.73. The van der Waals surface area contributed by atoms with E-state index >= 15 is 0 Å². The molecule has 0 aliphatic carbocycles. The van der Waals surface area contributed by atoms with Gasteiger partial charge in [0.2, 0.25) is 11.8 Å². The van der Waals surface area contributed by atoms with Crippen LogP contribution in [-0.4, -0.2) is 41.5 Å². The van der Waals surface area contributed by atoms with Crippen LogP contribution in [0.15, 0.2) is 24.3 Å². The Morgan fingerprint density at radius 2 is 2.09 bits per heavy atom. The zero-order valence-corrected chi connectivity index (χ0v) is 12.8. The minimum absolute atomic E-state index is 0.117. The highest BCUT2D eigenvalue weighted by atomic mass is 19.1. The van der Waals surface area contributed by atoms with Crippen molar-refractivity contribution in [1.29, 1.82) is 0 Å². The summed E-state index contributed by atoms with van der Waals surface area (Å²) in [4.78, 5) is 26.0. The first-order valence-corrected chi connectivity index (χ1v) is 7.40. The molecule has 1 aromatic carbocycles. The second-order valence-corrected chi connectivity index (χ2v) is 5.61. The summed E-state index contributed by atoms with van der Waals surface area (Å²) in [6, 6.07) is 5.11. The fraction of sp³-hybridized carbons (Fsp3) is 0.500. The zero-order valence-electron chi connectivity index (χ0n) is 12.8. The molecule has 0 aromatic heterocycles. The molecule has 0 saturated carbocycles. The molecule has 0 spiro atoms. The predicted molar refractivity (Wildman–Crippen MR) is 79.3 cm³/mol. The number of hydrogen-bond acceptors (Lipinski definition) is 3. The topological polar surface area (TPSA) is 69.6 Å². The number of likely N-dealkylation sites (tertiary alicyclic amines) is 1. The number of carbonyl (C=O) groups excluding carboxylic acids is 2. The molecule has 2 amide bonds. The molecule has 1 fully saturated rings. The van der Waals surface area contributed by atoms with Crippen LogP contribution in [0.4, 0.5) is 4.39 Å². The molecule has 3 unspecified atom stereocenters. The standard InChI is InChI=1S/C16H21FN2O3/c1-3-12(9-20)18-16(22)13-8-14(21)19(2)15(13)10-4-6-11(17)7-5-10/h4-7,12-13,15,20H,3,8-9H2,1-2H3,(H,18,22). The second-order valence-electron chi connectivity index (χ2n) is 5.61. The van der Waals surface area contributed by atoms with Crippen molar-refractivity contribution < 1.29 is 19.1 Å². The van der Waals surface area contributed by atoms with Crippen LogP contribution in [0.3, 0.4) is 0 Å². The van der Waals surface area contributed by atoms with Crippen LogP contribution in [0.2, 0.25) is 0 Å². The van der Waals surface area contributed by atoms with Gasteiger partial charge < -0.3 is 15.3 Å². The fourth-order valence-corrected chi connectivity index (χ4v) is 2.81. The van der Waals surface area contributed by atoms with Gasteiger partial charge in [-0.3, -0.25) is 9.59 Å². The number of nitrogens with zero attached hydrogens (tertiary/aromatic N) is 1. The molecule has 1 aliphatic heterocycles. The normalized spacial score (nSPS) is 22.7. The van der Waals surface area contributed by atoms with Crippen molar-refractivity contribution in [1.82, 2.24) is 10.2 Å². The van der Waals surface area contributed by atoms with Gasteiger partial charge in [-0.25, -0.2) is 4.39 Å². The Balaban J connectivity index is 2.23. The monoisotopic (exact) mass is 308 g/mol. The Labute approximate surface area is 129 Å². The minimum Gasteiger partial charge on any atom is -0.394 e. The summed E-state index contributed by atoms with van der Waals surface area (Å²) < 4.78 is 13.1. The average Bonchev–Trinajstić information content (AvgIpc) is 2.81. The first-order chi connectivity index (χ1) is 10.5. The van der Waals surface area contributed by atoms with Crippen LogP contribution in [0.5, 0.6) is 0 Å². The van der Waals surface area contributed by atoms with Crippen molar-refractivity contribution in [2.24, 2.45) is 5.92 Å². The number of hydrogen-bond donors (Lipinski definition) is 2. The lowest BCUT2D eigenvalue weighted by Crippen LogP contribution is -2.42. The molecule has 0 radical (unpaired) electrons. The van der Waals surface area contributed by atoms with E-state index in [1.807, 2.05) is 6.92 Å². The van der Waals surface area contributed by atoms with Crippen molar-refractivity contribution in [2.45, 2.75) is 31.8 Å². The molecule has 1 aromatic rings. The molecule has 120 valence electrons. The van der Waals surface area contributed by atoms with Crippen molar-refractivity contribution in [3.05, 3.63) is 35.6 Å². The Morgan fingerprint density at radius 3 is 2.64 bits per heavy atom. The van der Waals surface area contributed by atoms with E-state index < -0.39 is 12.0 Å². The molecule has 1 saturated heterocycles. The van der Waals surface area contributed by atoms with Gasteiger partial charge in [-0.1, -0.05) is 19.1 Å². The highest BCUT2D eigenvalue weighted by Gasteiger charge is 2.42. The first-order valence-electron chi connectivity index (χ1n) is 7.40. The summed E-state index contributed by atoms with van der Waals surface area (Å²) in [7, 11) is 1.65. The molecule has 22 heavy (non-hydrogen) atoms. The van der Waals surface area contributed by atoms with Gasteiger partial charge in [0.05, 0.1) is 24.6 Å². The van der Waals surface area contributed by atoms with Crippen molar-refractivity contribution in [3.8, 4) is 0 Å². The van der Waals surface area contributed by atoms with Crippen molar-refractivity contribution in [3.63, 3.8) is 0 Å². The highest BCUT2D eigenvalue weighted by Crippen LogP contribution is 2.37.